The molecule has 9 heteroatoms. The summed E-state index contributed by atoms with van der Waals surface area (Å²) in [4.78, 5) is 0. The van der Waals surface area contributed by atoms with Gasteiger partial charge < -0.3 is 5.32 Å². The fourth-order valence-electron chi connectivity index (χ4n) is 1.45. The Labute approximate surface area is 107 Å². The van der Waals surface area contributed by atoms with Crippen molar-refractivity contribution in [1.82, 2.24) is 30.7 Å². The first-order valence-corrected chi connectivity index (χ1v) is 7.64. The van der Waals surface area contributed by atoms with Crippen LogP contribution in [0.4, 0.5) is 0 Å². The van der Waals surface area contributed by atoms with Crippen LogP contribution in [0.3, 0.4) is 0 Å². The van der Waals surface area contributed by atoms with Gasteiger partial charge in [-0.3, -0.25) is 0 Å². The van der Waals surface area contributed by atoms with Gasteiger partial charge in [-0.15, -0.1) is 10.2 Å². The summed E-state index contributed by atoms with van der Waals surface area (Å²) in [6.07, 6.45) is 1.46. The van der Waals surface area contributed by atoms with Gasteiger partial charge in [-0.25, -0.2) is 13.1 Å². The van der Waals surface area contributed by atoms with Crippen molar-refractivity contribution >= 4 is 10.0 Å². The third-order valence-electron chi connectivity index (χ3n) is 2.37. The van der Waals surface area contributed by atoms with E-state index in [0.29, 0.717) is 12.2 Å². The number of hydrogen-bond acceptors (Lipinski definition) is 6. The van der Waals surface area contributed by atoms with E-state index in [9.17, 15) is 8.42 Å². The summed E-state index contributed by atoms with van der Waals surface area (Å²) in [5.41, 5.74) is 0. The van der Waals surface area contributed by atoms with Crippen molar-refractivity contribution in [3.05, 3.63) is 5.82 Å². The van der Waals surface area contributed by atoms with Crippen LogP contribution in [0.5, 0.6) is 0 Å². The number of sulfonamides is 1. The van der Waals surface area contributed by atoms with Crippen molar-refractivity contribution in [2.75, 3.05) is 18.8 Å². The lowest BCUT2D eigenvalue weighted by Gasteiger charge is -2.10. The maximum Gasteiger partial charge on any atom is 0.212 e. The van der Waals surface area contributed by atoms with Gasteiger partial charge in [-0.05, 0) is 32.9 Å². The first-order valence-electron chi connectivity index (χ1n) is 5.99. The van der Waals surface area contributed by atoms with E-state index in [4.69, 9.17) is 0 Å². The van der Waals surface area contributed by atoms with Crippen LogP contribution in [-0.4, -0.2) is 47.9 Å². The molecular weight excluding hydrogens is 256 g/mol. The molecule has 0 fully saturated rings. The SMILES string of the molecule is CCNCCCCS(=O)(=O)NC(C)c1nn[nH]n1. The number of aromatic nitrogens is 4. The molecule has 1 unspecified atom stereocenters. The molecular formula is C9H20N6O2S. The molecule has 0 aliphatic rings. The molecule has 1 rings (SSSR count). The minimum atomic E-state index is -3.29. The highest BCUT2D eigenvalue weighted by atomic mass is 32.2. The Morgan fingerprint density at radius 3 is 2.78 bits per heavy atom. The summed E-state index contributed by atoms with van der Waals surface area (Å²) in [5, 5.41) is 16.3. The van der Waals surface area contributed by atoms with Crippen LogP contribution in [0.15, 0.2) is 0 Å². The normalized spacial score (nSPS) is 13.7. The molecule has 0 saturated carbocycles. The summed E-state index contributed by atoms with van der Waals surface area (Å²) in [6, 6.07) is -0.470. The maximum atomic E-state index is 11.8. The predicted octanol–water partition coefficient (Wildman–Crippen LogP) is -0.430. The van der Waals surface area contributed by atoms with Gasteiger partial charge in [0, 0.05) is 0 Å². The molecule has 0 saturated heterocycles. The molecule has 8 nitrogen and oxygen atoms in total. The van der Waals surface area contributed by atoms with Crippen molar-refractivity contribution in [1.29, 1.82) is 0 Å². The fraction of sp³-hybridized carbons (Fsp3) is 0.889. The van der Waals surface area contributed by atoms with Crippen molar-refractivity contribution in [2.45, 2.75) is 32.7 Å². The third-order valence-corrected chi connectivity index (χ3v) is 3.91. The second-order valence-corrected chi connectivity index (χ2v) is 5.86. The molecule has 0 aliphatic heterocycles. The molecule has 0 aromatic carbocycles. The second kappa shape index (κ2) is 7.39. The standard InChI is InChI=1S/C9H20N6O2S/c1-3-10-6-4-5-7-18(16,17)13-8(2)9-11-14-15-12-9/h8,10,13H,3-7H2,1-2H3,(H,11,12,14,15). The summed E-state index contributed by atoms with van der Waals surface area (Å²) in [5.74, 6) is 0.451. The molecule has 18 heavy (non-hydrogen) atoms. The highest BCUT2D eigenvalue weighted by molar-refractivity contribution is 7.89. The molecule has 1 atom stereocenters. The smallest absolute Gasteiger partial charge is 0.212 e. The summed E-state index contributed by atoms with van der Waals surface area (Å²) < 4.78 is 26.0. The first-order chi connectivity index (χ1) is 8.55. The first kappa shape index (κ1) is 15.0. The second-order valence-electron chi connectivity index (χ2n) is 3.99. The highest BCUT2D eigenvalue weighted by Crippen LogP contribution is 2.06. The molecule has 1 aromatic rings. The Morgan fingerprint density at radius 1 is 1.39 bits per heavy atom. The lowest BCUT2D eigenvalue weighted by atomic mass is 10.3. The van der Waals surface area contributed by atoms with Gasteiger partial charge in [0.05, 0.1) is 11.8 Å². The minimum Gasteiger partial charge on any atom is -0.317 e. The van der Waals surface area contributed by atoms with Crippen LogP contribution in [0.25, 0.3) is 0 Å². The molecule has 1 heterocycles. The number of nitrogens with zero attached hydrogens (tertiary/aromatic N) is 3. The zero-order valence-electron chi connectivity index (χ0n) is 10.7. The Balaban J connectivity index is 2.31. The van der Waals surface area contributed by atoms with Crippen LogP contribution in [0.1, 0.15) is 38.6 Å². The number of hydrogen-bond donors (Lipinski definition) is 3. The van der Waals surface area contributed by atoms with E-state index < -0.39 is 16.1 Å². The van der Waals surface area contributed by atoms with Gasteiger partial charge in [-0.1, -0.05) is 12.1 Å². The molecule has 0 spiro atoms. The van der Waals surface area contributed by atoms with Crippen LogP contribution in [-0.2, 0) is 10.0 Å². The maximum absolute atomic E-state index is 11.8. The Bertz CT molecular complexity index is 418. The molecule has 0 radical (unpaired) electrons. The van der Waals surface area contributed by atoms with Crippen LogP contribution in [0, 0.1) is 0 Å². The largest absolute Gasteiger partial charge is 0.317 e. The zero-order valence-corrected chi connectivity index (χ0v) is 11.5. The van der Waals surface area contributed by atoms with E-state index in [1.54, 1.807) is 6.92 Å². The van der Waals surface area contributed by atoms with Crippen LogP contribution in [0.2, 0.25) is 0 Å². The summed E-state index contributed by atoms with van der Waals surface area (Å²) in [6.45, 7) is 5.44. The van der Waals surface area contributed by atoms with Crippen LogP contribution >= 0.6 is 0 Å². The average molecular weight is 276 g/mol. The van der Waals surface area contributed by atoms with Crippen molar-refractivity contribution in [2.24, 2.45) is 0 Å². The molecule has 3 N–H and O–H groups in total. The van der Waals surface area contributed by atoms with E-state index in [2.05, 4.69) is 30.7 Å². The quantitative estimate of drug-likeness (QED) is 0.528. The highest BCUT2D eigenvalue weighted by Gasteiger charge is 2.18. The van der Waals surface area contributed by atoms with Crippen molar-refractivity contribution in [3.8, 4) is 0 Å². The minimum absolute atomic E-state index is 0.112. The molecule has 1 aromatic heterocycles. The average Bonchev–Trinajstić information content (AvgIpc) is 2.81. The van der Waals surface area contributed by atoms with E-state index in [1.165, 1.54) is 0 Å². The van der Waals surface area contributed by atoms with Crippen molar-refractivity contribution in [3.63, 3.8) is 0 Å². The van der Waals surface area contributed by atoms with Gasteiger partial charge >= 0.3 is 0 Å². The van der Waals surface area contributed by atoms with E-state index in [1.807, 2.05) is 6.92 Å². The van der Waals surface area contributed by atoms with Crippen LogP contribution < -0.4 is 10.0 Å². The van der Waals surface area contributed by atoms with E-state index >= 15 is 0 Å². The van der Waals surface area contributed by atoms with Gasteiger partial charge in [0.25, 0.3) is 0 Å². The molecule has 0 aliphatic carbocycles. The van der Waals surface area contributed by atoms with Gasteiger partial charge in [0.15, 0.2) is 5.82 Å². The number of H-pyrrole nitrogens is 1. The Hall–Kier alpha value is -1.06. The lowest BCUT2D eigenvalue weighted by Crippen LogP contribution is -2.30. The summed E-state index contributed by atoms with van der Waals surface area (Å²) >= 11 is 0. The molecule has 0 bridgehead atoms. The Morgan fingerprint density at radius 2 is 2.17 bits per heavy atom. The van der Waals surface area contributed by atoms with Gasteiger partial charge in [0.2, 0.25) is 10.0 Å². The number of rotatable bonds is 9. The number of tetrazole rings is 1. The van der Waals surface area contributed by atoms with E-state index in [-0.39, 0.29) is 5.75 Å². The molecule has 0 amide bonds. The van der Waals surface area contributed by atoms with E-state index in [0.717, 1.165) is 19.5 Å². The topological polar surface area (TPSA) is 113 Å². The lowest BCUT2D eigenvalue weighted by molar-refractivity contribution is 0.554. The number of nitrogens with one attached hydrogen (secondary N) is 3. The third kappa shape index (κ3) is 5.52. The van der Waals surface area contributed by atoms with Gasteiger partial charge in [-0.2, -0.15) is 5.21 Å². The van der Waals surface area contributed by atoms with Gasteiger partial charge in [0.1, 0.15) is 0 Å². The zero-order chi connectivity index (χ0) is 13.4. The summed E-state index contributed by atoms with van der Waals surface area (Å²) in [7, 11) is -3.29. The molecule has 104 valence electrons. The fourth-order valence-corrected chi connectivity index (χ4v) is 2.80. The monoisotopic (exact) mass is 276 g/mol. The number of unbranched alkanes of at least 4 members (excludes halogenated alkanes) is 1. The number of aromatic amines is 1. The van der Waals surface area contributed by atoms with Crippen molar-refractivity contribution < 1.29 is 8.42 Å². The Kier molecular flexibility index (Phi) is 6.16. The predicted molar refractivity (Wildman–Crippen MR) is 67.3 cm³/mol.